The van der Waals surface area contributed by atoms with Crippen molar-refractivity contribution in [3.05, 3.63) is 28.2 Å². The van der Waals surface area contributed by atoms with Gasteiger partial charge in [0.2, 0.25) is 5.91 Å². The van der Waals surface area contributed by atoms with Crippen LogP contribution in [0.3, 0.4) is 0 Å². The Morgan fingerprint density at radius 2 is 2.17 bits per heavy atom. The van der Waals surface area contributed by atoms with Crippen LogP contribution in [0.5, 0.6) is 0 Å². The summed E-state index contributed by atoms with van der Waals surface area (Å²) in [4.78, 5) is 24.8. The number of carbonyl (C=O) groups is 2. The molecule has 1 unspecified atom stereocenters. The van der Waals surface area contributed by atoms with Gasteiger partial charge < -0.3 is 9.64 Å². The predicted molar refractivity (Wildman–Crippen MR) is 68.9 cm³/mol. The first-order valence-electron chi connectivity index (χ1n) is 5.36. The summed E-state index contributed by atoms with van der Waals surface area (Å²) in [5, 5.41) is 0.919. The van der Waals surface area contributed by atoms with Crippen LogP contribution in [0, 0.1) is 5.92 Å². The predicted octanol–water partition coefficient (Wildman–Crippen LogP) is 2.52. The molecule has 1 atom stereocenters. The lowest BCUT2D eigenvalue weighted by molar-refractivity contribution is -0.145. The van der Waals surface area contributed by atoms with Crippen LogP contribution < -0.4 is 4.90 Å². The summed E-state index contributed by atoms with van der Waals surface area (Å²) in [6.45, 7) is 0.269. The lowest BCUT2D eigenvalue weighted by Crippen LogP contribution is -2.26. The highest BCUT2D eigenvalue weighted by Gasteiger charge is 2.36. The summed E-state index contributed by atoms with van der Waals surface area (Å²) in [5.41, 5.74) is 0.528. The van der Waals surface area contributed by atoms with E-state index < -0.39 is 5.92 Å². The zero-order valence-corrected chi connectivity index (χ0v) is 11.2. The number of hydrogen-bond acceptors (Lipinski definition) is 3. The van der Waals surface area contributed by atoms with Crippen LogP contribution in [0.1, 0.15) is 6.42 Å². The molecule has 18 heavy (non-hydrogen) atoms. The number of anilines is 1. The fourth-order valence-electron chi connectivity index (χ4n) is 1.96. The van der Waals surface area contributed by atoms with Crippen LogP contribution in [0.4, 0.5) is 5.69 Å². The van der Waals surface area contributed by atoms with E-state index in [0.29, 0.717) is 15.7 Å². The first kappa shape index (κ1) is 13.2. The van der Waals surface area contributed by atoms with E-state index in [1.54, 1.807) is 18.2 Å². The minimum absolute atomic E-state index is 0.134. The molecular formula is C12H11Cl2NO3. The largest absolute Gasteiger partial charge is 0.469 e. The standard InChI is InChI=1S/C12H11Cl2NO3/c1-18-12(17)7-4-11(16)15(6-7)10-5-8(13)2-3-9(10)14/h2-3,5,7H,4,6H2,1H3. The molecule has 1 fully saturated rings. The van der Waals surface area contributed by atoms with Gasteiger partial charge in [0.1, 0.15) is 0 Å². The van der Waals surface area contributed by atoms with Crippen LogP contribution in [-0.2, 0) is 14.3 Å². The molecule has 1 aromatic rings. The Hall–Kier alpha value is -1.26. The zero-order valence-electron chi connectivity index (χ0n) is 9.65. The van der Waals surface area contributed by atoms with Gasteiger partial charge in [-0.15, -0.1) is 0 Å². The Morgan fingerprint density at radius 3 is 2.83 bits per heavy atom. The van der Waals surface area contributed by atoms with Gasteiger partial charge in [0.05, 0.1) is 23.7 Å². The van der Waals surface area contributed by atoms with Crippen molar-refractivity contribution in [2.24, 2.45) is 5.92 Å². The molecule has 4 nitrogen and oxygen atoms in total. The Morgan fingerprint density at radius 1 is 1.44 bits per heavy atom. The van der Waals surface area contributed by atoms with Crippen molar-refractivity contribution in [3.8, 4) is 0 Å². The molecule has 1 heterocycles. The van der Waals surface area contributed by atoms with E-state index in [2.05, 4.69) is 4.74 Å². The number of rotatable bonds is 2. The molecule has 1 aliphatic rings. The lowest BCUT2D eigenvalue weighted by Gasteiger charge is -2.18. The fraction of sp³-hybridized carbons (Fsp3) is 0.333. The summed E-state index contributed by atoms with van der Waals surface area (Å²) >= 11 is 11.9. The molecule has 1 aliphatic heterocycles. The van der Waals surface area contributed by atoms with E-state index in [9.17, 15) is 9.59 Å². The normalized spacial score (nSPS) is 19.2. The van der Waals surface area contributed by atoms with Crippen molar-refractivity contribution >= 4 is 40.8 Å². The second-order valence-corrected chi connectivity index (χ2v) is 4.87. The number of carbonyl (C=O) groups excluding carboxylic acids is 2. The van der Waals surface area contributed by atoms with Gasteiger partial charge in [0, 0.05) is 18.0 Å². The molecule has 1 aromatic carbocycles. The number of halogens is 2. The summed E-state index contributed by atoms with van der Waals surface area (Å²) in [7, 11) is 1.31. The molecule has 0 aromatic heterocycles. The first-order chi connectivity index (χ1) is 8.52. The van der Waals surface area contributed by atoms with Crippen molar-refractivity contribution in [2.75, 3.05) is 18.6 Å². The van der Waals surface area contributed by atoms with E-state index in [1.165, 1.54) is 12.0 Å². The highest BCUT2D eigenvalue weighted by Crippen LogP contribution is 2.33. The average Bonchev–Trinajstić information content (AvgIpc) is 2.73. The van der Waals surface area contributed by atoms with Crippen molar-refractivity contribution in [3.63, 3.8) is 0 Å². The third kappa shape index (κ3) is 2.44. The third-order valence-electron chi connectivity index (χ3n) is 2.86. The summed E-state index contributed by atoms with van der Waals surface area (Å²) in [6.07, 6.45) is 0.134. The summed E-state index contributed by atoms with van der Waals surface area (Å²) in [5.74, 6) is -0.990. The van der Waals surface area contributed by atoms with Crippen molar-refractivity contribution in [1.29, 1.82) is 0 Å². The maximum absolute atomic E-state index is 11.9. The lowest BCUT2D eigenvalue weighted by atomic mass is 10.1. The molecule has 0 aliphatic carbocycles. The highest BCUT2D eigenvalue weighted by molar-refractivity contribution is 6.35. The number of ether oxygens (including phenoxy) is 1. The third-order valence-corrected chi connectivity index (χ3v) is 3.41. The Balaban J connectivity index is 2.27. The maximum Gasteiger partial charge on any atom is 0.311 e. The number of amides is 1. The van der Waals surface area contributed by atoms with Gasteiger partial charge in [-0.25, -0.2) is 0 Å². The van der Waals surface area contributed by atoms with E-state index in [4.69, 9.17) is 23.2 Å². The van der Waals surface area contributed by atoms with Gasteiger partial charge in [-0.2, -0.15) is 0 Å². The second kappa shape index (κ2) is 5.16. The van der Waals surface area contributed by atoms with E-state index in [-0.39, 0.29) is 24.8 Å². The number of hydrogen-bond donors (Lipinski definition) is 0. The summed E-state index contributed by atoms with van der Waals surface area (Å²) < 4.78 is 4.64. The van der Waals surface area contributed by atoms with Crippen LogP contribution in [0.15, 0.2) is 18.2 Å². The molecule has 0 radical (unpaired) electrons. The van der Waals surface area contributed by atoms with Gasteiger partial charge in [-0.05, 0) is 18.2 Å². The molecule has 0 bridgehead atoms. The van der Waals surface area contributed by atoms with E-state index in [0.717, 1.165) is 0 Å². The topological polar surface area (TPSA) is 46.6 Å². The quantitative estimate of drug-likeness (QED) is 0.786. The van der Waals surface area contributed by atoms with Gasteiger partial charge in [-0.1, -0.05) is 23.2 Å². The van der Waals surface area contributed by atoms with Gasteiger partial charge in [-0.3, -0.25) is 9.59 Å². The van der Waals surface area contributed by atoms with Crippen molar-refractivity contribution in [1.82, 2.24) is 0 Å². The molecular weight excluding hydrogens is 277 g/mol. The van der Waals surface area contributed by atoms with Gasteiger partial charge >= 0.3 is 5.97 Å². The highest BCUT2D eigenvalue weighted by atomic mass is 35.5. The first-order valence-corrected chi connectivity index (χ1v) is 6.11. The second-order valence-electron chi connectivity index (χ2n) is 4.02. The SMILES string of the molecule is COC(=O)C1CC(=O)N(c2cc(Cl)ccc2Cl)C1. The van der Waals surface area contributed by atoms with Crippen molar-refractivity contribution < 1.29 is 14.3 Å². The van der Waals surface area contributed by atoms with Gasteiger partial charge in [0.15, 0.2) is 0 Å². The molecule has 6 heteroatoms. The van der Waals surface area contributed by atoms with Crippen LogP contribution >= 0.6 is 23.2 Å². The van der Waals surface area contributed by atoms with Crippen molar-refractivity contribution in [2.45, 2.75) is 6.42 Å². The Labute approximate surface area is 114 Å². The Kier molecular flexibility index (Phi) is 3.78. The number of esters is 1. The Bertz CT molecular complexity index is 504. The summed E-state index contributed by atoms with van der Waals surface area (Å²) in [6, 6.07) is 4.88. The molecule has 1 amide bonds. The van der Waals surface area contributed by atoms with Crippen LogP contribution in [0.2, 0.25) is 10.0 Å². The van der Waals surface area contributed by atoms with Crippen LogP contribution in [-0.4, -0.2) is 25.5 Å². The monoisotopic (exact) mass is 287 g/mol. The van der Waals surface area contributed by atoms with E-state index >= 15 is 0 Å². The minimum Gasteiger partial charge on any atom is -0.469 e. The molecule has 0 N–H and O–H groups in total. The van der Waals surface area contributed by atoms with Gasteiger partial charge in [0.25, 0.3) is 0 Å². The van der Waals surface area contributed by atoms with E-state index in [1.807, 2.05) is 0 Å². The number of methoxy groups -OCH3 is 1. The molecule has 1 saturated heterocycles. The zero-order chi connectivity index (χ0) is 13.3. The maximum atomic E-state index is 11.9. The van der Waals surface area contributed by atoms with Crippen LogP contribution in [0.25, 0.3) is 0 Å². The fourth-order valence-corrected chi connectivity index (χ4v) is 2.34. The number of benzene rings is 1. The molecule has 0 spiro atoms. The number of nitrogens with zero attached hydrogens (tertiary/aromatic N) is 1. The average molecular weight is 288 g/mol. The minimum atomic E-state index is -0.447. The molecule has 0 saturated carbocycles. The molecule has 96 valence electrons. The smallest absolute Gasteiger partial charge is 0.311 e. The molecule has 2 rings (SSSR count).